The third-order valence-electron chi connectivity index (χ3n) is 6.30. The van der Waals surface area contributed by atoms with Crippen LogP contribution in [0.2, 0.25) is 0 Å². The average Bonchev–Trinajstić information content (AvgIpc) is 2.92. The SMILES string of the molecule is CSCC[C@H](N)C(=O)OC(=O)[C@](CCCl)(Cc1ccc(F)c(CCCl)c1)N(N)C(=O)[C@@H](N)Cc1ccccc1. The minimum atomic E-state index is -1.93. The second-order valence-electron chi connectivity index (χ2n) is 9.11. The van der Waals surface area contributed by atoms with Crippen LogP contribution in [-0.2, 0) is 38.4 Å². The number of carbonyl (C=O) groups is 3. The van der Waals surface area contributed by atoms with E-state index in [9.17, 15) is 18.8 Å². The van der Waals surface area contributed by atoms with Crippen molar-refractivity contribution in [2.45, 2.75) is 49.7 Å². The van der Waals surface area contributed by atoms with Crippen molar-refractivity contribution in [3.8, 4) is 0 Å². The van der Waals surface area contributed by atoms with Crippen LogP contribution in [0.15, 0.2) is 48.5 Å². The topological polar surface area (TPSA) is 142 Å². The summed E-state index contributed by atoms with van der Waals surface area (Å²) in [7, 11) is 0. The van der Waals surface area contributed by atoms with Crippen LogP contribution in [0.3, 0.4) is 0 Å². The van der Waals surface area contributed by atoms with Crippen molar-refractivity contribution in [2.24, 2.45) is 17.3 Å². The number of hydrogen-bond acceptors (Lipinski definition) is 8. The van der Waals surface area contributed by atoms with Crippen LogP contribution in [0.1, 0.15) is 29.5 Å². The lowest BCUT2D eigenvalue weighted by Crippen LogP contribution is -2.66. The van der Waals surface area contributed by atoms with E-state index in [0.717, 1.165) is 5.56 Å². The molecular weight excluding hydrogens is 566 g/mol. The molecule has 1 amide bonds. The normalized spacial score (nSPS) is 14.2. The van der Waals surface area contributed by atoms with E-state index in [1.54, 1.807) is 24.3 Å². The number of benzene rings is 2. The molecule has 6 N–H and O–H groups in total. The molecular formula is C27H35Cl2FN4O4S. The molecule has 0 aliphatic heterocycles. The molecule has 3 atom stereocenters. The van der Waals surface area contributed by atoms with Gasteiger partial charge in [0.25, 0.3) is 5.91 Å². The molecule has 12 heteroatoms. The minimum Gasteiger partial charge on any atom is -0.390 e. The molecule has 0 heterocycles. The maximum absolute atomic E-state index is 14.3. The molecule has 0 radical (unpaired) electrons. The van der Waals surface area contributed by atoms with Gasteiger partial charge in [0.1, 0.15) is 11.9 Å². The summed E-state index contributed by atoms with van der Waals surface area (Å²) in [5.74, 6) is 3.70. The van der Waals surface area contributed by atoms with Crippen molar-refractivity contribution in [2.75, 3.05) is 23.8 Å². The number of alkyl halides is 2. The summed E-state index contributed by atoms with van der Waals surface area (Å²) in [6.45, 7) is 0. The Kier molecular flexibility index (Phi) is 13.7. The van der Waals surface area contributed by atoms with Crippen LogP contribution in [-0.4, -0.2) is 64.2 Å². The predicted molar refractivity (Wildman–Crippen MR) is 154 cm³/mol. The molecule has 0 spiro atoms. The molecule has 0 fully saturated rings. The van der Waals surface area contributed by atoms with E-state index >= 15 is 0 Å². The molecule has 0 unspecified atom stereocenters. The lowest BCUT2D eigenvalue weighted by Gasteiger charge is -2.39. The summed E-state index contributed by atoms with van der Waals surface area (Å²) in [5, 5.41) is 0.705. The second kappa shape index (κ2) is 16.2. The van der Waals surface area contributed by atoms with Crippen LogP contribution in [0.25, 0.3) is 0 Å². The minimum absolute atomic E-state index is 0.119. The van der Waals surface area contributed by atoms with E-state index in [1.165, 1.54) is 30.0 Å². The lowest BCUT2D eigenvalue weighted by atomic mass is 9.85. The fourth-order valence-electron chi connectivity index (χ4n) is 4.06. The van der Waals surface area contributed by atoms with Crippen molar-refractivity contribution in [3.63, 3.8) is 0 Å². The van der Waals surface area contributed by atoms with E-state index in [0.29, 0.717) is 21.9 Å². The Bertz CT molecular complexity index is 1110. The van der Waals surface area contributed by atoms with Gasteiger partial charge in [0, 0.05) is 18.2 Å². The Morgan fingerprint density at radius 2 is 1.74 bits per heavy atom. The molecule has 0 bridgehead atoms. The molecule has 39 heavy (non-hydrogen) atoms. The zero-order chi connectivity index (χ0) is 29.0. The van der Waals surface area contributed by atoms with Gasteiger partial charge in [0.15, 0.2) is 5.54 Å². The molecule has 0 aromatic heterocycles. The van der Waals surface area contributed by atoms with Gasteiger partial charge in [-0.25, -0.2) is 19.8 Å². The van der Waals surface area contributed by atoms with Crippen LogP contribution in [0.5, 0.6) is 0 Å². The number of nitrogens with two attached hydrogens (primary N) is 3. The molecule has 2 aromatic rings. The van der Waals surface area contributed by atoms with Crippen LogP contribution < -0.4 is 17.3 Å². The first-order valence-electron chi connectivity index (χ1n) is 12.4. The fraction of sp³-hybridized carbons (Fsp3) is 0.444. The third-order valence-corrected chi connectivity index (χ3v) is 7.32. The highest BCUT2D eigenvalue weighted by Crippen LogP contribution is 2.28. The maximum atomic E-state index is 14.3. The number of halogens is 3. The van der Waals surface area contributed by atoms with Crippen LogP contribution >= 0.6 is 35.0 Å². The van der Waals surface area contributed by atoms with Gasteiger partial charge in [-0.2, -0.15) is 11.8 Å². The van der Waals surface area contributed by atoms with Gasteiger partial charge in [0.2, 0.25) is 0 Å². The molecule has 0 aliphatic carbocycles. The number of carbonyl (C=O) groups excluding carboxylic acids is 3. The zero-order valence-corrected chi connectivity index (χ0v) is 24.1. The second-order valence-corrected chi connectivity index (χ2v) is 10.9. The highest BCUT2D eigenvalue weighted by atomic mass is 35.5. The molecule has 2 rings (SSSR count). The smallest absolute Gasteiger partial charge is 0.341 e. The van der Waals surface area contributed by atoms with E-state index in [-0.39, 0.29) is 43.9 Å². The Morgan fingerprint density at radius 1 is 1.05 bits per heavy atom. The Labute approximate surface area is 242 Å². The number of esters is 2. The van der Waals surface area contributed by atoms with Gasteiger partial charge in [-0.05, 0) is 60.4 Å². The quantitative estimate of drug-likeness (QED) is 0.0707. The average molecular weight is 602 g/mol. The highest BCUT2D eigenvalue weighted by Gasteiger charge is 2.49. The van der Waals surface area contributed by atoms with Gasteiger partial charge in [0.05, 0.1) is 6.04 Å². The summed E-state index contributed by atoms with van der Waals surface area (Å²) in [6, 6.07) is 11.1. The predicted octanol–water partition coefficient (Wildman–Crippen LogP) is 2.94. The molecule has 0 saturated carbocycles. The molecule has 2 aromatic carbocycles. The van der Waals surface area contributed by atoms with E-state index in [2.05, 4.69) is 0 Å². The summed E-state index contributed by atoms with van der Waals surface area (Å²) < 4.78 is 19.5. The summed E-state index contributed by atoms with van der Waals surface area (Å²) >= 11 is 13.4. The number of aryl methyl sites for hydroxylation is 1. The van der Waals surface area contributed by atoms with Crippen molar-refractivity contribution < 1.29 is 23.5 Å². The largest absolute Gasteiger partial charge is 0.390 e. The van der Waals surface area contributed by atoms with Crippen LogP contribution in [0.4, 0.5) is 4.39 Å². The van der Waals surface area contributed by atoms with Gasteiger partial charge < -0.3 is 16.2 Å². The number of hydrogen-bond donors (Lipinski definition) is 3. The summed E-state index contributed by atoms with van der Waals surface area (Å²) in [6.07, 6.45) is 2.12. The van der Waals surface area contributed by atoms with Gasteiger partial charge in [-0.3, -0.25) is 9.80 Å². The number of rotatable bonds is 15. The van der Waals surface area contributed by atoms with E-state index in [4.69, 9.17) is 45.2 Å². The fourth-order valence-corrected chi connectivity index (χ4v) is 5.07. The standard InChI is InChI=1S/C27H35Cl2FN4O4S/c1-39-14-10-22(31)25(36)38-26(37)27(11-13-29,17-19-7-8-21(30)20(15-19)9-12-28)34(33)24(35)23(32)16-18-5-3-2-4-6-18/h2-8,15,22-23H,9-14,16-17,31-33H2,1H3/t22-,23-,27-/m0/s1. The Hall–Kier alpha value is -2.21. The number of nitrogens with zero attached hydrogens (tertiary/aromatic N) is 1. The van der Waals surface area contributed by atoms with Gasteiger partial charge in [-0.15, -0.1) is 23.2 Å². The maximum Gasteiger partial charge on any atom is 0.341 e. The summed E-state index contributed by atoms with van der Waals surface area (Å²) in [4.78, 5) is 39.8. The molecule has 214 valence electrons. The van der Waals surface area contributed by atoms with Crippen molar-refractivity contribution >= 4 is 52.8 Å². The molecule has 0 aliphatic rings. The van der Waals surface area contributed by atoms with Gasteiger partial charge in [-0.1, -0.05) is 42.5 Å². The van der Waals surface area contributed by atoms with E-state index in [1.807, 2.05) is 12.3 Å². The van der Waals surface area contributed by atoms with E-state index < -0.39 is 41.3 Å². The zero-order valence-electron chi connectivity index (χ0n) is 21.8. The first-order valence-corrected chi connectivity index (χ1v) is 14.8. The number of thioether (sulfide) groups is 1. The van der Waals surface area contributed by atoms with Crippen molar-refractivity contribution in [1.82, 2.24) is 5.01 Å². The number of hydrazine groups is 1. The first-order chi connectivity index (χ1) is 18.6. The Morgan fingerprint density at radius 3 is 2.36 bits per heavy atom. The highest BCUT2D eigenvalue weighted by molar-refractivity contribution is 7.98. The lowest BCUT2D eigenvalue weighted by molar-refractivity contribution is -0.174. The number of amides is 1. The molecule has 0 saturated heterocycles. The number of ether oxygens (including phenoxy) is 1. The first kappa shape index (κ1) is 33.0. The summed E-state index contributed by atoms with van der Waals surface area (Å²) in [5.41, 5.74) is 11.8. The van der Waals surface area contributed by atoms with Crippen molar-refractivity contribution in [3.05, 3.63) is 71.0 Å². The molecule has 8 nitrogen and oxygen atoms in total. The van der Waals surface area contributed by atoms with Crippen molar-refractivity contribution in [1.29, 1.82) is 0 Å². The third kappa shape index (κ3) is 9.16. The Balaban J connectivity index is 2.48. The monoisotopic (exact) mass is 600 g/mol. The van der Waals surface area contributed by atoms with Crippen LogP contribution in [0, 0.1) is 5.82 Å². The van der Waals surface area contributed by atoms with Gasteiger partial charge >= 0.3 is 11.9 Å².